The van der Waals surface area contributed by atoms with E-state index in [0.717, 1.165) is 50.7 Å². The fraction of sp³-hybridized carbons (Fsp3) is 0.440. The molecule has 3 rings (SSSR count). The lowest BCUT2D eigenvalue weighted by Crippen LogP contribution is -2.36. The minimum atomic E-state index is -0.245. The van der Waals surface area contributed by atoms with Gasteiger partial charge >= 0.3 is 0 Å². The molecule has 0 heterocycles. The monoisotopic (exact) mass is 408 g/mol. The average Bonchev–Trinajstić information content (AvgIpc) is 2.78. The van der Waals surface area contributed by atoms with Gasteiger partial charge in [-0.3, -0.25) is 9.59 Å². The Hall–Kier alpha value is -2.82. The standard InChI is InChI=1S/C25H32N2O3/c1-2-3-9-18-30-21-16-14-19(15-17-21)24(28)27-23-13-8-7-12-22(23)25(29)26-20-10-5-4-6-11-20/h7-8,12-17,20H,2-6,9-11,18H2,1H3,(H,26,29)(H,27,28). The third-order valence-electron chi connectivity index (χ3n) is 5.49. The van der Waals surface area contributed by atoms with E-state index in [4.69, 9.17) is 4.74 Å². The van der Waals surface area contributed by atoms with Gasteiger partial charge in [-0.2, -0.15) is 0 Å². The first-order valence-electron chi connectivity index (χ1n) is 11.1. The molecule has 2 aromatic carbocycles. The van der Waals surface area contributed by atoms with Crippen molar-refractivity contribution in [1.29, 1.82) is 0 Å². The zero-order chi connectivity index (χ0) is 21.2. The van der Waals surface area contributed by atoms with E-state index in [0.29, 0.717) is 23.4 Å². The lowest BCUT2D eigenvalue weighted by molar-refractivity contribution is 0.0928. The Balaban J connectivity index is 1.60. The normalized spacial score (nSPS) is 14.2. The fourth-order valence-corrected chi connectivity index (χ4v) is 3.74. The maximum absolute atomic E-state index is 12.8. The zero-order valence-corrected chi connectivity index (χ0v) is 17.8. The topological polar surface area (TPSA) is 67.4 Å². The van der Waals surface area contributed by atoms with E-state index < -0.39 is 0 Å². The summed E-state index contributed by atoms with van der Waals surface area (Å²) in [5.74, 6) is 0.383. The van der Waals surface area contributed by atoms with Crippen LogP contribution < -0.4 is 15.4 Å². The van der Waals surface area contributed by atoms with E-state index in [9.17, 15) is 9.59 Å². The number of unbranched alkanes of at least 4 members (excludes halogenated alkanes) is 2. The molecule has 0 saturated heterocycles. The number of rotatable bonds is 9. The third-order valence-corrected chi connectivity index (χ3v) is 5.49. The first-order valence-corrected chi connectivity index (χ1v) is 11.1. The quantitative estimate of drug-likeness (QED) is 0.533. The average molecular weight is 409 g/mol. The summed E-state index contributed by atoms with van der Waals surface area (Å²) in [5.41, 5.74) is 1.54. The second kappa shape index (κ2) is 11.4. The number of ether oxygens (including phenoxy) is 1. The molecule has 2 N–H and O–H groups in total. The second-order valence-electron chi connectivity index (χ2n) is 7.89. The fourth-order valence-electron chi connectivity index (χ4n) is 3.74. The molecule has 1 aliphatic carbocycles. The van der Waals surface area contributed by atoms with Gasteiger partial charge in [0, 0.05) is 11.6 Å². The molecule has 0 unspecified atom stereocenters. The second-order valence-corrected chi connectivity index (χ2v) is 7.89. The van der Waals surface area contributed by atoms with Crippen LogP contribution in [0.1, 0.15) is 79.0 Å². The molecule has 2 amide bonds. The minimum Gasteiger partial charge on any atom is -0.494 e. The number of benzene rings is 2. The molecule has 1 fully saturated rings. The van der Waals surface area contributed by atoms with Crippen molar-refractivity contribution in [3.63, 3.8) is 0 Å². The summed E-state index contributed by atoms with van der Waals surface area (Å²) in [6.45, 7) is 2.84. The highest BCUT2D eigenvalue weighted by Crippen LogP contribution is 2.21. The van der Waals surface area contributed by atoms with Gasteiger partial charge in [-0.15, -0.1) is 0 Å². The number of anilines is 1. The summed E-state index contributed by atoms with van der Waals surface area (Å²) in [7, 11) is 0. The summed E-state index contributed by atoms with van der Waals surface area (Å²) >= 11 is 0. The summed E-state index contributed by atoms with van der Waals surface area (Å²) in [6.07, 6.45) is 8.92. The van der Waals surface area contributed by atoms with E-state index in [1.807, 2.05) is 24.3 Å². The SMILES string of the molecule is CCCCCOc1ccc(C(=O)Nc2ccccc2C(=O)NC2CCCCC2)cc1. The number of carbonyl (C=O) groups excluding carboxylic acids is 2. The van der Waals surface area contributed by atoms with Gasteiger partial charge in [0.1, 0.15) is 5.75 Å². The molecule has 160 valence electrons. The van der Waals surface area contributed by atoms with E-state index in [1.54, 1.807) is 24.3 Å². The minimum absolute atomic E-state index is 0.131. The van der Waals surface area contributed by atoms with Gasteiger partial charge in [0.05, 0.1) is 17.9 Å². The Morgan fingerprint density at radius 2 is 1.67 bits per heavy atom. The molecule has 2 aromatic rings. The number of hydrogen-bond acceptors (Lipinski definition) is 3. The first kappa shape index (κ1) is 21.9. The predicted octanol–water partition coefficient (Wildman–Crippen LogP) is 5.57. The van der Waals surface area contributed by atoms with E-state index in [-0.39, 0.29) is 17.9 Å². The molecule has 0 atom stereocenters. The molecule has 30 heavy (non-hydrogen) atoms. The van der Waals surface area contributed by atoms with Crippen molar-refractivity contribution in [2.45, 2.75) is 64.3 Å². The third kappa shape index (κ3) is 6.34. The van der Waals surface area contributed by atoms with Crippen LogP contribution >= 0.6 is 0 Å². The van der Waals surface area contributed by atoms with Crippen molar-refractivity contribution in [3.8, 4) is 5.75 Å². The van der Waals surface area contributed by atoms with Crippen molar-refractivity contribution < 1.29 is 14.3 Å². The number of nitrogens with one attached hydrogen (secondary N) is 2. The number of carbonyl (C=O) groups is 2. The van der Waals surface area contributed by atoms with Gasteiger partial charge in [0.25, 0.3) is 11.8 Å². The largest absolute Gasteiger partial charge is 0.494 e. The Morgan fingerprint density at radius 3 is 2.40 bits per heavy atom. The maximum atomic E-state index is 12.8. The Morgan fingerprint density at radius 1 is 0.933 bits per heavy atom. The van der Waals surface area contributed by atoms with Crippen LogP contribution in [0.4, 0.5) is 5.69 Å². The van der Waals surface area contributed by atoms with E-state index >= 15 is 0 Å². The molecule has 0 spiro atoms. The zero-order valence-electron chi connectivity index (χ0n) is 17.8. The molecule has 1 aliphatic rings. The van der Waals surface area contributed by atoms with E-state index in [2.05, 4.69) is 17.6 Å². The first-order chi connectivity index (χ1) is 14.7. The van der Waals surface area contributed by atoms with Crippen LogP contribution in [0.2, 0.25) is 0 Å². The van der Waals surface area contributed by atoms with Crippen LogP contribution in [0.5, 0.6) is 5.75 Å². The van der Waals surface area contributed by atoms with Crippen LogP contribution in [0.15, 0.2) is 48.5 Å². The van der Waals surface area contributed by atoms with Crippen molar-refractivity contribution in [1.82, 2.24) is 5.32 Å². The molecule has 5 heteroatoms. The number of amides is 2. The van der Waals surface area contributed by atoms with Crippen molar-refractivity contribution >= 4 is 17.5 Å². The molecule has 0 aliphatic heterocycles. The van der Waals surface area contributed by atoms with Crippen LogP contribution in [0.25, 0.3) is 0 Å². The summed E-state index contributed by atoms with van der Waals surface area (Å²) in [6, 6.07) is 14.5. The summed E-state index contributed by atoms with van der Waals surface area (Å²) in [5, 5.41) is 6.00. The predicted molar refractivity (Wildman–Crippen MR) is 120 cm³/mol. The Bertz CT molecular complexity index is 827. The lowest BCUT2D eigenvalue weighted by Gasteiger charge is -2.23. The molecular formula is C25H32N2O3. The molecule has 0 bridgehead atoms. The molecule has 5 nitrogen and oxygen atoms in total. The maximum Gasteiger partial charge on any atom is 0.255 e. The summed E-state index contributed by atoms with van der Waals surface area (Å²) in [4.78, 5) is 25.5. The molecule has 1 saturated carbocycles. The van der Waals surface area contributed by atoms with Crippen LogP contribution in [-0.2, 0) is 0 Å². The molecular weight excluding hydrogens is 376 g/mol. The van der Waals surface area contributed by atoms with Crippen molar-refractivity contribution in [2.24, 2.45) is 0 Å². The summed E-state index contributed by atoms with van der Waals surface area (Å²) < 4.78 is 5.70. The highest BCUT2D eigenvalue weighted by Gasteiger charge is 2.19. The smallest absolute Gasteiger partial charge is 0.255 e. The van der Waals surface area contributed by atoms with Gasteiger partial charge in [-0.25, -0.2) is 0 Å². The molecule has 0 aromatic heterocycles. The van der Waals surface area contributed by atoms with Gasteiger partial charge in [-0.05, 0) is 55.7 Å². The van der Waals surface area contributed by atoms with E-state index in [1.165, 1.54) is 6.42 Å². The van der Waals surface area contributed by atoms with Gasteiger partial charge in [0.2, 0.25) is 0 Å². The van der Waals surface area contributed by atoms with Crippen molar-refractivity contribution in [3.05, 3.63) is 59.7 Å². The Kier molecular flexibility index (Phi) is 8.30. The van der Waals surface area contributed by atoms with Crippen LogP contribution in [-0.4, -0.2) is 24.5 Å². The number of para-hydroxylation sites is 1. The van der Waals surface area contributed by atoms with Crippen LogP contribution in [0, 0.1) is 0 Å². The highest BCUT2D eigenvalue weighted by atomic mass is 16.5. The number of hydrogen-bond donors (Lipinski definition) is 2. The van der Waals surface area contributed by atoms with Gasteiger partial charge in [-0.1, -0.05) is 51.2 Å². The lowest BCUT2D eigenvalue weighted by atomic mass is 9.95. The molecule has 0 radical (unpaired) electrons. The highest BCUT2D eigenvalue weighted by molar-refractivity contribution is 6.09. The van der Waals surface area contributed by atoms with Crippen LogP contribution in [0.3, 0.4) is 0 Å². The Labute approximate surface area is 179 Å². The van der Waals surface area contributed by atoms with Gasteiger partial charge in [0.15, 0.2) is 0 Å². The van der Waals surface area contributed by atoms with Crippen molar-refractivity contribution in [2.75, 3.05) is 11.9 Å². The van der Waals surface area contributed by atoms with Gasteiger partial charge < -0.3 is 15.4 Å².